The predicted octanol–water partition coefficient (Wildman–Crippen LogP) is 0.0963. The molecular weight excluding hydrogens is 416 g/mol. The highest BCUT2D eigenvalue weighted by atomic mass is 16.5. The van der Waals surface area contributed by atoms with Gasteiger partial charge in [0, 0.05) is 27.2 Å². The largest absolute Gasteiger partial charge is 0.376 e. The zero-order chi connectivity index (χ0) is 22.8. The lowest BCUT2D eigenvalue weighted by molar-refractivity contribution is -0.136. The van der Waals surface area contributed by atoms with E-state index in [1.54, 1.807) is 31.3 Å². The molecule has 3 aliphatic rings. The molecule has 1 aromatic rings. The summed E-state index contributed by atoms with van der Waals surface area (Å²) in [5, 5.41) is 5.60. The molecule has 11 nitrogen and oxygen atoms in total. The van der Waals surface area contributed by atoms with E-state index in [4.69, 9.17) is 4.74 Å². The third-order valence-electron chi connectivity index (χ3n) is 5.86. The molecule has 0 bridgehead atoms. The first-order valence-corrected chi connectivity index (χ1v) is 10.5. The number of urea groups is 1. The number of carbonyl (C=O) groups is 4. The van der Waals surface area contributed by atoms with Crippen molar-refractivity contribution in [2.75, 3.05) is 39.1 Å². The van der Waals surface area contributed by atoms with Crippen LogP contribution < -0.4 is 10.6 Å². The Morgan fingerprint density at radius 3 is 2.75 bits per heavy atom. The van der Waals surface area contributed by atoms with E-state index in [1.807, 2.05) is 0 Å². The maximum atomic E-state index is 12.7. The average molecular weight is 442 g/mol. The molecule has 3 aliphatic heterocycles. The van der Waals surface area contributed by atoms with Crippen molar-refractivity contribution in [2.45, 2.75) is 31.2 Å². The maximum absolute atomic E-state index is 12.7. The van der Waals surface area contributed by atoms with Crippen LogP contribution >= 0.6 is 0 Å². The second-order valence-corrected chi connectivity index (χ2v) is 8.02. The van der Waals surface area contributed by atoms with Crippen molar-refractivity contribution >= 4 is 35.8 Å². The number of hydrogen-bond acceptors (Lipinski definition) is 7. The normalized spacial score (nSPS) is 24.7. The van der Waals surface area contributed by atoms with E-state index in [1.165, 1.54) is 23.2 Å². The van der Waals surface area contributed by atoms with Gasteiger partial charge in [-0.05, 0) is 25.0 Å². The number of nitrogens with one attached hydrogen (secondary N) is 2. The van der Waals surface area contributed by atoms with Crippen molar-refractivity contribution in [3.05, 3.63) is 29.8 Å². The summed E-state index contributed by atoms with van der Waals surface area (Å²) in [4.78, 5) is 58.2. The van der Waals surface area contributed by atoms with Crippen molar-refractivity contribution in [3.63, 3.8) is 0 Å². The number of ether oxygens (including phenoxy) is 1. The van der Waals surface area contributed by atoms with E-state index in [0.717, 1.165) is 17.7 Å². The van der Waals surface area contributed by atoms with E-state index in [9.17, 15) is 19.2 Å². The summed E-state index contributed by atoms with van der Waals surface area (Å²) in [7, 11) is 2.97. The van der Waals surface area contributed by atoms with Crippen molar-refractivity contribution in [2.24, 2.45) is 4.99 Å². The van der Waals surface area contributed by atoms with Crippen LogP contribution in [0.3, 0.4) is 0 Å². The topological polar surface area (TPSA) is 124 Å². The van der Waals surface area contributed by atoms with Gasteiger partial charge in [-0.3, -0.25) is 19.3 Å². The Labute approximate surface area is 185 Å². The summed E-state index contributed by atoms with van der Waals surface area (Å²) >= 11 is 0. The molecule has 3 atom stereocenters. The lowest BCUT2D eigenvalue weighted by Crippen LogP contribution is -2.64. The Kier molecular flexibility index (Phi) is 6.08. The fourth-order valence-corrected chi connectivity index (χ4v) is 4.09. The highest BCUT2D eigenvalue weighted by molar-refractivity contribution is 6.05. The highest BCUT2D eigenvalue weighted by Gasteiger charge is 2.48. The summed E-state index contributed by atoms with van der Waals surface area (Å²) in [5.41, 5.74) is 0.708. The van der Waals surface area contributed by atoms with Crippen LogP contribution in [0.5, 0.6) is 0 Å². The fraction of sp³-hybridized carbons (Fsp3) is 0.476. The van der Waals surface area contributed by atoms with E-state index in [0.29, 0.717) is 24.4 Å². The van der Waals surface area contributed by atoms with Gasteiger partial charge in [0.25, 0.3) is 11.8 Å². The fourth-order valence-electron chi connectivity index (χ4n) is 4.09. The molecular formula is C21H26N6O5. The number of fused-ring (bicyclic) bond motifs is 1. The monoisotopic (exact) mass is 442 g/mol. The van der Waals surface area contributed by atoms with Gasteiger partial charge in [0.05, 0.1) is 30.2 Å². The first-order valence-electron chi connectivity index (χ1n) is 10.5. The molecule has 0 spiro atoms. The minimum Gasteiger partial charge on any atom is -0.376 e. The first kappa shape index (κ1) is 21.8. The van der Waals surface area contributed by atoms with Crippen LogP contribution in [0.4, 0.5) is 10.5 Å². The number of likely N-dealkylation sites (N-methyl/N-ethyl adjacent to an activating group) is 2. The van der Waals surface area contributed by atoms with Crippen LogP contribution in [0.1, 0.15) is 23.2 Å². The number of nitrogens with zero attached hydrogens (tertiary/aromatic N) is 4. The van der Waals surface area contributed by atoms with E-state index in [2.05, 4.69) is 15.6 Å². The van der Waals surface area contributed by atoms with E-state index >= 15 is 0 Å². The first-order chi connectivity index (χ1) is 15.4. The molecule has 0 aromatic heterocycles. The molecule has 3 heterocycles. The summed E-state index contributed by atoms with van der Waals surface area (Å²) in [6, 6.07) is 5.51. The third-order valence-corrected chi connectivity index (χ3v) is 5.86. The van der Waals surface area contributed by atoms with Gasteiger partial charge in [0.1, 0.15) is 0 Å². The van der Waals surface area contributed by atoms with Gasteiger partial charge in [0.15, 0.2) is 12.2 Å². The van der Waals surface area contributed by atoms with Crippen molar-refractivity contribution in [1.82, 2.24) is 20.0 Å². The number of benzene rings is 1. The number of amides is 5. The van der Waals surface area contributed by atoms with Crippen LogP contribution in [0.15, 0.2) is 29.3 Å². The molecule has 0 aliphatic carbocycles. The number of rotatable bonds is 6. The van der Waals surface area contributed by atoms with Gasteiger partial charge in [-0.2, -0.15) is 0 Å². The lowest BCUT2D eigenvalue weighted by Gasteiger charge is -2.39. The minimum absolute atomic E-state index is 0.0132. The van der Waals surface area contributed by atoms with Crippen LogP contribution in [0.2, 0.25) is 0 Å². The van der Waals surface area contributed by atoms with Gasteiger partial charge in [-0.25, -0.2) is 9.79 Å². The number of hydrogen-bond donors (Lipinski definition) is 2. The second kappa shape index (κ2) is 8.95. The number of anilines is 1. The summed E-state index contributed by atoms with van der Waals surface area (Å²) in [6.45, 7) is 0.964. The molecule has 0 saturated carbocycles. The lowest BCUT2D eigenvalue weighted by atomic mass is 10.1. The SMILES string of the molecule is CN1C(=O)C2C(N=CN2CC(=O)Nc2ccccc2C(=O)NCC2CCCO2)N(C)C1=O. The summed E-state index contributed by atoms with van der Waals surface area (Å²) < 4.78 is 5.52. The second-order valence-electron chi connectivity index (χ2n) is 8.02. The molecule has 2 fully saturated rings. The zero-order valence-electron chi connectivity index (χ0n) is 18.0. The Hall–Kier alpha value is -3.47. The van der Waals surface area contributed by atoms with Crippen LogP contribution in [0, 0.1) is 0 Å². The third kappa shape index (κ3) is 4.15. The number of para-hydroxylation sites is 1. The zero-order valence-corrected chi connectivity index (χ0v) is 18.0. The standard InChI is InChI=1S/C21H26N6O5/c1-25-18-17(20(30)26(2)21(25)31)27(12-23-18)11-16(28)24-15-8-4-3-7-14(15)19(29)22-10-13-6-5-9-32-13/h3-4,7-8,12-13,17-18H,5-6,9-11H2,1-2H3,(H,22,29)(H,24,28). The molecule has 32 heavy (non-hydrogen) atoms. The number of carbonyl (C=O) groups excluding carboxylic acids is 4. The Balaban J connectivity index is 1.39. The van der Waals surface area contributed by atoms with Crippen molar-refractivity contribution in [3.8, 4) is 0 Å². The van der Waals surface area contributed by atoms with Crippen molar-refractivity contribution in [1.29, 1.82) is 0 Å². The average Bonchev–Trinajstić information content (AvgIpc) is 3.45. The van der Waals surface area contributed by atoms with Gasteiger partial charge in [-0.15, -0.1) is 0 Å². The number of aliphatic imine (C=N–C) groups is 1. The number of imide groups is 1. The minimum atomic E-state index is -0.765. The van der Waals surface area contributed by atoms with Gasteiger partial charge >= 0.3 is 6.03 Å². The molecule has 3 unspecified atom stereocenters. The van der Waals surface area contributed by atoms with Crippen LogP contribution in [-0.2, 0) is 14.3 Å². The summed E-state index contributed by atoms with van der Waals surface area (Å²) in [5.74, 6) is -1.13. The molecule has 11 heteroatoms. The maximum Gasteiger partial charge on any atom is 0.328 e. The molecule has 4 rings (SSSR count). The smallest absolute Gasteiger partial charge is 0.328 e. The quantitative estimate of drug-likeness (QED) is 0.644. The molecule has 170 valence electrons. The molecule has 2 N–H and O–H groups in total. The van der Waals surface area contributed by atoms with Gasteiger partial charge in [-0.1, -0.05) is 12.1 Å². The Morgan fingerprint density at radius 2 is 2.00 bits per heavy atom. The molecule has 0 radical (unpaired) electrons. The predicted molar refractivity (Wildman–Crippen MR) is 115 cm³/mol. The van der Waals surface area contributed by atoms with E-state index < -0.39 is 30.1 Å². The Bertz CT molecular complexity index is 960. The summed E-state index contributed by atoms with van der Waals surface area (Å²) in [6.07, 6.45) is 2.65. The van der Waals surface area contributed by atoms with Crippen LogP contribution in [0.25, 0.3) is 0 Å². The van der Waals surface area contributed by atoms with Gasteiger partial charge < -0.3 is 25.2 Å². The molecule has 2 saturated heterocycles. The van der Waals surface area contributed by atoms with Gasteiger partial charge in [0.2, 0.25) is 5.91 Å². The van der Waals surface area contributed by atoms with Crippen LogP contribution in [-0.4, -0.2) is 96.9 Å². The van der Waals surface area contributed by atoms with Crippen molar-refractivity contribution < 1.29 is 23.9 Å². The Morgan fingerprint density at radius 1 is 1.22 bits per heavy atom. The highest BCUT2D eigenvalue weighted by Crippen LogP contribution is 2.24. The molecule has 5 amide bonds. The molecule has 1 aromatic carbocycles. The van der Waals surface area contributed by atoms with E-state index in [-0.39, 0.29) is 18.6 Å².